The van der Waals surface area contributed by atoms with E-state index in [1.165, 1.54) is 0 Å². The van der Waals surface area contributed by atoms with Gasteiger partial charge in [0.1, 0.15) is 0 Å². The lowest BCUT2D eigenvalue weighted by Gasteiger charge is -2.20. The molecule has 1 aliphatic heterocycles. The van der Waals surface area contributed by atoms with Crippen LogP contribution in [0.1, 0.15) is 27.2 Å². The molecule has 2 atom stereocenters. The maximum absolute atomic E-state index is 11.6. The Morgan fingerprint density at radius 1 is 1.53 bits per heavy atom. The number of carbonyl (C=O) groups is 1. The van der Waals surface area contributed by atoms with E-state index in [4.69, 9.17) is 0 Å². The zero-order valence-electron chi connectivity index (χ0n) is 9.86. The van der Waals surface area contributed by atoms with Gasteiger partial charge in [0.25, 0.3) is 0 Å². The molecular weight excluding hydrogens is 192 g/mol. The molecular formula is C11H22N2O2. The SMILES string of the molecule is CC(C)C(C)NC(=O)CN1CCC(O)C1. The number of nitrogens with one attached hydrogen (secondary N) is 1. The number of likely N-dealkylation sites (tertiary alicyclic amines) is 1. The van der Waals surface area contributed by atoms with Crippen molar-refractivity contribution in [3.8, 4) is 0 Å². The molecule has 0 aromatic carbocycles. The van der Waals surface area contributed by atoms with Crippen LogP contribution in [0, 0.1) is 5.92 Å². The molecule has 0 radical (unpaired) electrons. The van der Waals surface area contributed by atoms with Crippen LogP contribution in [0.2, 0.25) is 0 Å². The van der Waals surface area contributed by atoms with E-state index in [1.807, 2.05) is 11.8 Å². The first kappa shape index (κ1) is 12.5. The average molecular weight is 214 g/mol. The van der Waals surface area contributed by atoms with Crippen molar-refractivity contribution in [3.05, 3.63) is 0 Å². The number of rotatable bonds is 4. The van der Waals surface area contributed by atoms with Gasteiger partial charge in [0, 0.05) is 19.1 Å². The number of aliphatic hydroxyl groups excluding tert-OH is 1. The summed E-state index contributed by atoms with van der Waals surface area (Å²) in [5.41, 5.74) is 0. The van der Waals surface area contributed by atoms with Crippen molar-refractivity contribution in [1.82, 2.24) is 10.2 Å². The molecule has 1 fully saturated rings. The molecule has 0 saturated carbocycles. The summed E-state index contributed by atoms with van der Waals surface area (Å²) in [5, 5.41) is 12.3. The molecule has 4 nitrogen and oxygen atoms in total. The van der Waals surface area contributed by atoms with Crippen LogP contribution >= 0.6 is 0 Å². The van der Waals surface area contributed by atoms with Gasteiger partial charge in [0.15, 0.2) is 0 Å². The quantitative estimate of drug-likeness (QED) is 0.703. The second-order valence-electron chi connectivity index (χ2n) is 4.78. The average Bonchev–Trinajstić information content (AvgIpc) is 2.50. The predicted molar refractivity (Wildman–Crippen MR) is 59.5 cm³/mol. The van der Waals surface area contributed by atoms with Crippen molar-refractivity contribution in [2.24, 2.45) is 5.92 Å². The molecule has 0 aromatic heterocycles. The van der Waals surface area contributed by atoms with E-state index in [9.17, 15) is 9.90 Å². The van der Waals surface area contributed by atoms with Crippen LogP contribution in [-0.4, -0.2) is 47.7 Å². The normalized spacial score (nSPS) is 24.5. The highest BCUT2D eigenvalue weighted by atomic mass is 16.3. The van der Waals surface area contributed by atoms with Crippen LogP contribution in [0.15, 0.2) is 0 Å². The highest BCUT2D eigenvalue weighted by Crippen LogP contribution is 2.08. The summed E-state index contributed by atoms with van der Waals surface area (Å²) < 4.78 is 0. The van der Waals surface area contributed by atoms with Crippen LogP contribution in [0.3, 0.4) is 0 Å². The van der Waals surface area contributed by atoms with Gasteiger partial charge in [-0.15, -0.1) is 0 Å². The van der Waals surface area contributed by atoms with Crippen LogP contribution in [-0.2, 0) is 4.79 Å². The summed E-state index contributed by atoms with van der Waals surface area (Å²) in [4.78, 5) is 13.6. The maximum Gasteiger partial charge on any atom is 0.234 e. The number of carbonyl (C=O) groups excluding carboxylic acids is 1. The predicted octanol–water partition coefficient (Wildman–Crippen LogP) is 0.214. The monoisotopic (exact) mass is 214 g/mol. The highest BCUT2D eigenvalue weighted by Gasteiger charge is 2.22. The van der Waals surface area contributed by atoms with Crippen LogP contribution in [0.25, 0.3) is 0 Å². The number of hydrogen-bond donors (Lipinski definition) is 2. The lowest BCUT2D eigenvalue weighted by Crippen LogP contribution is -2.42. The first-order valence-corrected chi connectivity index (χ1v) is 5.69. The zero-order valence-corrected chi connectivity index (χ0v) is 9.86. The minimum Gasteiger partial charge on any atom is -0.392 e. The molecule has 4 heteroatoms. The maximum atomic E-state index is 11.6. The van der Waals surface area contributed by atoms with Gasteiger partial charge in [-0.2, -0.15) is 0 Å². The number of nitrogens with zero attached hydrogens (tertiary/aromatic N) is 1. The first-order valence-electron chi connectivity index (χ1n) is 5.69. The number of hydrogen-bond acceptors (Lipinski definition) is 3. The molecule has 1 heterocycles. The molecule has 1 saturated heterocycles. The molecule has 88 valence electrons. The van der Waals surface area contributed by atoms with Gasteiger partial charge in [0.05, 0.1) is 12.6 Å². The lowest BCUT2D eigenvalue weighted by molar-refractivity contribution is -0.122. The molecule has 2 N–H and O–H groups in total. The molecule has 0 bridgehead atoms. The Balaban J connectivity index is 2.24. The van der Waals surface area contributed by atoms with Gasteiger partial charge in [-0.25, -0.2) is 0 Å². The van der Waals surface area contributed by atoms with Gasteiger partial charge in [-0.1, -0.05) is 13.8 Å². The largest absolute Gasteiger partial charge is 0.392 e. The Labute approximate surface area is 91.6 Å². The van der Waals surface area contributed by atoms with E-state index < -0.39 is 0 Å². The Kier molecular flexibility index (Phi) is 4.54. The highest BCUT2D eigenvalue weighted by molar-refractivity contribution is 5.78. The summed E-state index contributed by atoms with van der Waals surface area (Å²) in [6.07, 6.45) is 0.535. The van der Waals surface area contributed by atoms with Gasteiger partial charge in [-0.3, -0.25) is 9.69 Å². The topological polar surface area (TPSA) is 52.6 Å². The van der Waals surface area contributed by atoms with Crippen molar-refractivity contribution in [3.63, 3.8) is 0 Å². The van der Waals surface area contributed by atoms with Crippen molar-refractivity contribution < 1.29 is 9.90 Å². The Morgan fingerprint density at radius 2 is 2.20 bits per heavy atom. The van der Waals surface area contributed by atoms with E-state index >= 15 is 0 Å². The van der Waals surface area contributed by atoms with Gasteiger partial charge < -0.3 is 10.4 Å². The summed E-state index contributed by atoms with van der Waals surface area (Å²) in [6, 6.07) is 0.213. The summed E-state index contributed by atoms with van der Waals surface area (Å²) in [7, 11) is 0. The van der Waals surface area contributed by atoms with E-state index in [0.717, 1.165) is 13.0 Å². The van der Waals surface area contributed by atoms with Crippen molar-refractivity contribution >= 4 is 5.91 Å². The second kappa shape index (κ2) is 5.47. The van der Waals surface area contributed by atoms with Crippen LogP contribution < -0.4 is 5.32 Å². The molecule has 0 aromatic rings. The Hall–Kier alpha value is -0.610. The van der Waals surface area contributed by atoms with Crippen molar-refractivity contribution in [1.29, 1.82) is 0 Å². The summed E-state index contributed by atoms with van der Waals surface area (Å²) >= 11 is 0. The van der Waals surface area contributed by atoms with Gasteiger partial charge >= 0.3 is 0 Å². The third kappa shape index (κ3) is 4.18. The minimum absolute atomic E-state index is 0.0605. The summed E-state index contributed by atoms with van der Waals surface area (Å²) in [6.45, 7) is 8.05. The Bertz CT molecular complexity index is 219. The van der Waals surface area contributed by atoms with Gasteiger partial charge in [0.2, 0.25) is 5.91 Å². The number of β-amino-alcohol motifs (C(OH)–C–C–N with tert-alkyl or cyclic N) is 1. The lowest BCUT2D eigenvalue weighted by atomic mass is 10.1. The van der Waals surface area contributed by atoms with Crippen molar-refractivity contribution in [2.75, 3.05) is 19.6 Å². The van der Waals surface area contributed by atoms with Crippen LogP contribution in [0.5, 0.6) is 0 Å². The molecule has 15 heavy (non-hydrogen) atoms. The van der Waals surface area contributed by atoms with E-state index in [2.05, 4.69) is 19.2 Å². The Morgan fingerprint density at radius 3 is 2.67 bits per heavy atom. The van der Waals surface area contributed by atoms with E-state index in [-0.39, 0.29) is 18.1 Å². The third-order valence-electron chi connectivity index (χ3n) is 3.00. The molecule has 0 spiro atoms. The zero-order chi connectivity index (χ0) is 11.4. The standard InChI is InChI=1S/C11H22N2O2/c1-8(2)9(3)12-11(15)7-13-5-4-10(14)6-13/h8-10,14H,4-7H2,1-3H3,(H,12,15). The smallest absolute Gasteiger partial charge is 0.234 e. The molecule has 1 amide bonds. The van der Waals surface area contributed by atoms with E-state index in [0.29, 0.717) is 19.0 Å². The van der Waals surface area contributed by atoms with E-state index in [1.54, 1.807) is 0 Å². The fraction of sp³-hybridized carbons (Fsp3) is 0.909. The summed E-state index contributed by atoms with van der Waals surface area (Å²) in [5.74, 6) is 0.517. The fourth-order valence-electron chi connectivity index (χ4n) is 1.63. The van der Waals surface area contributed by atoms with Crippen molar-refractivity contribution in [2.45, 2.75) is 39.3 Å². The third-order valence-corrected chi connectivity index (χ3v) is 3.00. The number of amides is 1. The first-order chi connectivity index (χ1) is 6.99. The molecule has 2 unspecified atom stereocenters. The van der Waals surface area contributed by atoms with Crippen LogP contribution in [0.4, 0.5) is 0 Å². The van der Waals surface area contributed by atoms with Gasteiger partial charge in [-0.05, 0) is 19.3 Å². The molecule has 0 aliphatic carbocycles. The number of aliphatic hydroxyl groups is 1. The second-order valence-corrected chi connectivity index (χ2v) is 4.78. The minimum atomic E-state index is -0.250. The molecule has 1 aliphatic rings. The molecule has 1 rings (SSSR count). The fourth-order valence-corrected chi connectivity index (χ4v) is 1.63.